The van der Waals surface area contributed by atoms with Crippen molar-refractivity contribution in [1.82, 2.24) is 10.2 Å². The number of hydrogen-bond acceptors (Lipinski definition) is 4. The van der Waals surface area contributed by atoms with Crippen LogP contribution in [0.15, 0.2) is 6.07 Å². The van der Waals surface area contributed by atoms with Crippen LogP contribution in [0.2, 0.25) is 10.3 Å². The average molecular weight is 235 g/mol. The number of aromatic nitrogens is 2. The first-order chi connectivity index (χ1) is 6.77. The highest BCUT2D eigenvalue weighted by Gasteiger charge is 2.20. The molecule has 1 unspecified atom stereocenters. The third-order valence-electron chi connectivity index (χ3n) is 1.91. The van der Waals surface area contributed by atoms with Crippen LogP contribution in [0.1, 0.15) is 11.7 Å². The van der Waals surface area contributed by atoms with Gasteiger partial charge >= 0.3 is 0 Å². The van der Waals surface area contributed by atoms with E-state index in [4.69, 9.17) is 32.7 Å². The van der Waals surface area contributed by atoms with Gasteiger partial charge in [-0.25, -0.2) is 0 Å². The minimum Gasteiger partial charge on any atom is -0.376 e. The number of ether oxygens (including phenoxy) is 2. The van der Waals surface area contributed by atoms with Gasteiger partial charge in [-0.1, -0.05) is 23.2 Å². The van der Waals surface area contributed by atoms with Crippen LogP contribution in [0.4, 0.5) is 0 Å². The lowest BCUT2D eigenvalue weighted by atomic mass is 10.2. The van der Waals surface area contributed by atoms with Crippen molar-refractivity contribution in [2.45, 2.75) is 6.10 Å². The van der Waals surface area contributed by atoms with Crippen LogP contribution in [0, 0.1) is 0 Å². The van der Waals surface area contributed by atoms with Gasteiger partial charge in [0.2, 0.25) is 0 Å². The summed E-state index contributed by atoms with van der Waals surface area (Å²) in [4.78, 5) is 0. The zero-order valence-corrected chi connectivity index (χ0v) is 8.75. The molecule has 0 aliphatic carbocycles. The highest BCUT2D eigenvalue weighted by atomic mass is 35.5. The molecule has 1 aliphatic rings. The molecule has 0 aromatic carbocycles. The van der Waals surface area contributed by atoms with Gasteiger partial charge < -0.3 is 9.47 Å². The molecular weight excluding hydrogens is 227 g/mol. The third-order valence-corrected chi connectivity index (χ3v) is 2.39. The molecule has 14 heavy (non-hydrogen) atoms. The van der Waals surface area contributed by atoms with Crippen LogP contribution >= 0.6 is 23.2 Å². The summed E-state index contributed by atoms with van der Waals surface area (Å²) in [6.07, 6.45) is -0.191. The fraction of sp³-hybridized carbons (Fsp3) is 0.500. The molecule has 0 amide bonds. The van der Waals surface area contributed by atoms with E-state index in [0.717, 1.165) is 5.56 Å². The van der Waals surface area contributed by atoms with Gasteiger partial charge in [0.25, 0.3) is 0 Å². The molecule has 1 aliphatic heterocycles. The lowest BCUT2D eigenvalue weighted by Crippen LogP contribution is -2.22. The van der Waals surface area contributed by atoms with Crippen LogP contribution in [-0.2, 0) is 9.47 Å². The molecule has 1 atom stereocenters. The fourth-order valence-electron chi connectivity index (χ4n) is 1.26. The van der Waals surface area contributed by atoms with Crippen molar-refractivity contribution in [2.24, 2.45) is 0 Å². The van der Waals surface area contributed by atoms with E-state index in [-0.39, 0.29) is 6.10 Å². The summed E-state index contributed by atoms with van der Waals surface area (Å²) in [6.45, 7) is 1.64. The topological polar surface area (TPSA) is 44.2 Å². The molecule has 0 radical (unpaired) electrons. The van der Waals surface area contributed by atoms with E-state index < -0.39 is 0 Å². The summed E-state index contributed by atoms with van der Waals surface area (Å²) in [5, 5.41) is 7.94. The minimum atomic E-state index is -0.191. The maximum Gasteiger partial charge on any atom is 0.157 e. The van der Waals surface area contributed by atoms with Gasteiger partial charge in [-0.2, -0.15) is 0 Å². The Balaban J connectivity index is 2.24. The average Bonchev–Trinajstić information content (AvgIpc) is 2.23. The Morgan fingerprint density at radius 2 is 2.14 bits per heavy atom. The van der Waals surface area contributed by atoms with E-state index in [9.17, 15) is 0 Å². The Bertz CT molecular complexity index is 329. The van der Waals surface area contributed by atoms with Crippen molar-refractivity contribution in [2.75, 3.05) is 19.8 Å². The van der Waals surface area contributed by atoms with Gasteiger partial charge in [0.05, 0.1) is 19.8 Å². The molecule has 0 N–H and O–H groups in total. The number of rotatable bonds is 1. The smallest absolute Gasteiger partial charge is 0.157 e. The largest absolute Gasteiger partial charge is 0.376 e. The van der Waals surface area contributed by atoms with E-state index in [0.29, 0.717) is 30.1 Å². The second-order valence-electron chi connectivity index (χ2n) is 2.85. The van der Waals surface area contributed by atoms with Crippen molar-refractivity contribution >= 4 is 23.2 Å². The highest BCUT2D eigenvalue weighted by Crippen LogP contribution is 2.27. The second kappa shape index (κ2) is 4.40. The first-order valence-corrected chi connectivity index (χ1v) is 4.91. The van der Waals surface area contributed by atoms with Crippen molar-refractivity contribution in [3.8, 4) is 0 Å². The summed E-state index contributed by atoms with van der Waals surface area (Å²) in [6, 6.07) is 1.65. The van der Waals surface area contributed by atoms with Crippen LogP contribution in [0.3, 0.4) is 0 Å². The van der Waals surface area contributed by atoms with Crippen LogP contribution in [-0.4, -0.2) is 30.0 Å². The minimum absolute atomic E-state index is 0.191. The fourth-order valence-corrected chi connectivity index (χ4v) is 1.63. The first kappa shape index (κ1) is 10.1. The van der Waals surface area contributed by atoms with Crippen molar-refractivity contribution < 1.29 is 9.47 Å². The summed E-state index contributed by atoms with van der Waals surface area (Å²) in [5.41, 5.74) is 0.728. The van der Waals surface area contributed by atoms with Gasteiger partial charge in [-0.3, -0.25) is 0 Å². The first-order valence-electron chi connectivity index (χ1n) is 4.15. The molecule has 6 heteroatoms. The molecule has 1 aromatic rings. The monoisotopic (exact) mass is 234 g/mol. The molecular formula is C8H8Cl2N2O2. The van der Waals surface area contributed by atoms with Crippen molar-refractivity contribution in [1.29, 1.82) is 0 Å². The van der Waals surface area contributed by atoms with E-state index >= 15 is 0 Å². The Labute approximate surface area is 91.1 Å². The zero-order chi connectivity index (χ0) is 9.97. The van der Waals surface area contributed by atoms with E-state index in [1.165, 1.54) is 0 Å². The number of halogens is 2. The van der Waals surface area contributed by atoms with Crippen LogP contribution < -0.4 is 0 Å². The second-order valence-corrected chi connectivity index (χ2v) is 3.59. The summed E-state index contributed by atoms with van der Waals surface area (Å²) >= 11 is 11.6. The van der Waals surface area contributed by atoms with Gasteiger partial charge in [0.1, 0.15) is 6.10 Å². The van der Waals surface area contributed by atoms with Crippen molar-refractivity contribution in [3.05, 3.63) is 21.9 Å². The summed E-state index contributed by atoms with van der Waals surface area (Å²) < 4.78 is 10.7. The predicted molar refractivity (Wildman–Crippen MR) is 51.6 cm³/mol. The molecule has 2 rings (SSSR count). The molecule has 0 bridgehead atoms. The highest BCUT2D eigenvalue weighted by molar-refractivity contribution is 6.31. The quantitative estimate of drug-likeness (QED) is 0.745. The van der Waals surface area contributed by atoms with E-state index in [2.05, 4.69) is 10.2 Å². The van der Waals surface area contributed by atoms with Gasteiger partial charge in [-0.05, 0) is 6.07 Å². The Morgan fingerprint density at radius 3 is 2.86 bits per heavy atom. The van der Waals surface area contributed by atoms with E-state index in [1.807, 2.05) is 0 Å². The summed E-state index contributed by atoms with van der Waals surface area (Å²) in [7, 11) is 0. The van der Waals surface area contributed by atoms with Crippen LogP contribution in [0.5, 0.6) is 0 Å². The third kappa shape index (κ3) is 2.15. The maximum absolute atomic E-state index is 5.86. The Hall–Kier alpha value is -0.420. The molecule has 1 aromatic heterocycles. The van der Waals surface area contributed by atoms with Gasteiger partial charge in [-0.15, -0.1) is 10.2 Å². The SMILES string of the molecule is Clc1cc(C2COCCO2)c(Cl)nn1. The standard InChI is InChI=1S/C8H8Cl2N2O2/c9-7-3-5(8(10)12-11-7)6-4-13-1-2-14-6/h3,6H,1-2,4H2. The zero-order valence-electron chi connectivity index (χ0n) is 7.24. The molecule has 76 valence electrons. The lowest BCUT2D eigenvalue weighted by Gasteiger charge is -2.23. The maximum atomic E-state index is 5.86. The Morgan fingerprint density at radius 1 is 1.29 bits per heavy atom. The molecule has 0 spiro atoms. The van der Waals surface area contributed by atoms with E-state index in [1.54, 1.807) is 6.07 Å². The molecule has 1 fully saturated rings. The van der Waals surface area contributed by atoms with Crippen molar-refractivity contribution in [3.63, 3.8) is 0 Å². The number of nitrogens with zero attached hydrogens (tertiary/aromatic N) is 2. The van der Waals surface area contributed by atoms with Gasteiger partial charge in [0, 0.05) is 5.56 Å². The summed E-state index contributed by atoms with van der Waals surface area (Å²) in [5.74, 6) is 0. The molecule has 4 nitrogen and oxygen atoms in total. The Kier molecular flexibility index (Phi) is 3.18. The molecule has 1 saturated heterocycles. The van der Waals surface area contributed by atoms with Crippen LogP contribution in [0.25, 0.3) is 0 Å². The molecule has 0 saturated carbocycles. The lowest BCUT2D eigenvalue weighted by molar-refractivity contribution is -0.0902. The molecule has 2 heterocycles. The van der Waals surface area contributed by atoms with Gasteiger partial charge in [0.15, 0.2) is 10.3 Å². The normalized spacial score (nSPS) is 22.3. The number of hydrogen-bond donors (Lipinski definition) is 0. The predicted octanol–water partition coefficient (Wildman–Crippen LogP) is 1.87.